The van der Waals surface area contributed by atoms with Gasteiger partial charge in [0.1, 0.15) is 10.0 Å². The first-order valence-corrected chi connectivity index (χ1v) is 9.86. The Hall–Kier alpha value is -1.44. The van der Waals surface area contributed by atoms with E-state index in [9.17, 15) is 12.8 Å². The molecule has 0 atom stereocenters. The monoisotopic (exact) mass is 354 g/mol. The Balaban J connectivity index is 1.72. The highest BCUT2D eigenvalue weighted by Crippen LogP contribution is 2.27. The van der Waals surface area contributed by atoms with Crippen LogP contribution in [0.4, 0.5) is 10.1 Å². The van der Waals surface area contributed by atoms with E-state index < -0.39 is 10.0 Å². The molecule has 2 heterocycles. The van der Waals surface area contributed by atoms with Crippen molar-refractivity contribution in [3.8, 4) is 0 Å². The molecule has 0 saturated carbocycles. The number of halogens is 1. The van der Waals surface area contributed by atoms with E-state index in [0.29, 0.717) is 36.1 Å². The third kappa shape index (κ3) is 3.27. The molecule has 124 valence electrons. The van der Waals surface area contributed by atoms with Crippen molar-refractivity contribution in [1.29, 1.82) is 0 Å². The molecule has 0 N–H and O–H groups in total. The lowest BCUT2D eigenvalue weighted by atomic mass is 10.2. The van der Waals surface area contributed by atoms with Crippen molar-refractivity contribution >= 4 is 27.0 Å². The van der Waals surface area contributed by atoms with Crippen LogP contribution >= 0.6 is 11.3 Å². The predicted molar refractivity (Wildman–Crippen MR) is 91.1 cm³/mol. The number of para-hydroxylation sites is 1. The fourth-order valence-electron chi connectivity index (χ4n) is 2.69. The number of thiophene rings is 1. The van der Waals surface area contributed by atoms with Gasteiger partial charge in [0, 0.05) is 31.1 Å². The number of hydrogen-bond acceptors (Lipinski definition) is 4. The standard InChI is InChI=1S/C16H19FN2O2S2/c1-2-13-7-8-16(22-13)23(20,21)19-11-9-18(10-12-19)15-6-4-3-5-14(15)17/h3-8H,2,9-12H2,1H3. The predicted octanol–water partition coefficient (Wildman–Crippen LogP) is 2.96. The minimum atomic E-state index is -3.44. The van der Waals surface area contributed by atoms with Crippen molar-refractivity contribution in [3.05, 3.63) is 47.1 Å². The van der Waals surface area contributed by atoms with Crippen LogP contribution in [-0.2, 0) is 16.4 Å². The Morgan fingerprint density at radius 3 is 2.39 bits per heavy atom. The highest BCUT2D eigenvalue weighted by atomic mass is 32.2. The first-order chi connectivity index (χ1) is 11.0. The zero-order valence-electron chi connectivity index (χ0n) is 12.9. The summed E-state index contributed by atoms with van der Waals surface area (Å²) in [5.74, 6) is -0.269. The van der Waals surface area contributed by atoms with Crippen molar-refractivity contribution in [2.75, 3.05) is 31.1 Å². The number of benzene rings is 1. The molecule has 0 aliphatic carbocycles. The highest BCUT2D eigenvalue weighted by molar-refractivity contribution is 7.91. The van der Waals surface area contributed by atoms with E-state index >= 15 is 0 Å². The van der Waals surface area contributed by atoms with E-state index in [-0.39, 0.29) is 5.82 Å². The summed E-state index contributed by atoms with van der Waals surface area (Å²) in [6.45, 7) is 3.74. The summed E-state index contributed by atoms with van der Waals surface area (Å²) in [6.07, 6.45) is 0.835. The van der Waals surface area contributed by atoms with E-state index in [1.807, 2.05) is 17.9 Å². The average Bonchev–Trinajstić information content (AvgIpc) is 3.05. The molecule has 4 nitrogen and oxygen atoms in total. The van der Waals surface area contributed by atoms with Gasteiger partial charge in [-0.1, -0.05) is 19.1 Å². The molecule has 1 aromatic carbocycles. The molecule has 1 aromatic heterocycles. The van der Waals surface area contributed by atoms with Crippen LogP contribution in [0.25, 0.3) is 0 Å². The van der Waals surface area contributed by atoms with Gasteiger partial charge in [-0.15, -0.1) is 11.3 Å². The van der Waals surface area contributed by atoms with Gasteiger partial charge >= 0.3 is 0 Å². The number of nitrogens with zero attached hydrogens (tertiary/aromatic N) is 2. The van der Waals surface area contributed by atoms with Crippen LogP contribution in [0.5, 0.6) is 0 Å². The molecule has 0 spiro atoms. The number of aryl methyl sites for hydroxylation is 1. The largest absolute Gasteiger partial charge is 0.367 e. The molecule has 1 aliphatic rings. The van der Waals surface area contributed by atoms with Gasteiger partial charge in [0.15, 0.2) is 0 Å². The maximum Gasteiger partial charge on any atom is 0.252 e. The second-order valence-corrected chi connectivity index (χ2v) is 8.75. The molecule has 0 unspecified atom stereocenters. The molecule has 23 heavy (non-hydrogen) atoms. The van der Waals surface area contributed by atoms with E-state index in [1.54, 1.807) is 24.3 Å². The summed E-state index contributed by atoms with van der Waals surface area (Å²) in [4.78, 5) is 2.96. The van der Waals surface area contributed by atoms with E-state index in [2.05, 4.69) is 0 Å². The summed E-state index contributed by atoms with van der Waals surface area (Å²) < 4.78 is 41.1. The van der Waals surface area contributed by atoms with Crippen molar-refractivity contribution in [1.82, 2.24) is 4.31 Å². The SMILES string of the molecule is CCc1ccc(S(=O)(=O)N2CCN(c3ccccc3F)CC2)s1. The minimum Gasteiger partial charge on any atom is -0.367 e. The normalized spacial score (nSPS) is 16.7. The molecule has 3 rings (SSSR count). The van der Waals surface area contributed by atoms with Gasteiger partial charge in [0.05, 0.1) is 5.69 Å². The smallest absolute Gasteiger partial charge is 0.252 e. The average molecular weight is 354 g/mol. The Labute approximate surface area is 140 Å². The highest BCUT2D eigenvalue weighted by Gasteiger charge is 2.30. The summed E-state index contributed by atoms with van der Waals surface area (Å²) >= 11 is 1.33. The lowest BCUT2D eigenvalue weighted by Gasteiger charge is -2.35. The first kappa shape index (κ1) is 16.4. The molecule has 1 fully saturated rings. The van der Waals surface area contributed by atoms with Crippen LogP contribution in [0, 0.1) is 5.82 Å². The lowest BCUT2D eigenvalue weighted by molar-refractivity contribution is 0.384. The molecule has 0 amide bonds. The number of hydrogen-bond donors (Lipinski definition) is 0. The number of piperazine rings is 1. The number of sulfonamides is 1. The third-order valence-corrected chi connectivity index (χ3v) is 7.61. The molecule has 7 heteroatoms. The van der Waals surface area contributed by atoms with Crippen LogP contribution < -0.4 is 4.90 Å². The third-order valence-electron chi connectivity index (χ3n) is 4.01. The second-order valence-electron chi connectivity index (χ2n) is 5.42. The minimum absolute atomic E-state index is 0.269. The Kier molecular flexibility index (Phi) is 4.70. The second kappa shape index (κ2) is 6.59. The zero-order chi connectivity index (χ0) is 16.4. The van der Waals surface area contributed by atoms with E-state index in [0.717, 1.165) is 11.3 Å². The van der Waals surface area contributed by atoms with Gasteiger partial charge in [-0.3, -0.25) is 0 Å². The van der Waals surface area contributed by atoms with Crippen LogP contribution in [0.3, 0.4) is 0 Å². The first-order valence-electron chi connectivity index (χ1n) is 7.60. The van der Waals surface area contributed by atoms with Crippen molar-refractivity contribution in [2.24, 2.45) is 0 Å². The fourth-order valence-corrected chi connectivity index (χ4v) is 5.56. The topological polar surface area (TPSA) is 40.6 Å². The lowest BCUT2D eigenvalue weighted by Crippen LogP contribution is -2.48. The van der Waals surface area contributed by atoms with Crippen LogP contribution in [0.15, 0.2) is 40.6 Å². The van der Waals surface area contributed by atoms with Gasteiger partial charge in [-0.2, -0.15) is 4.31 Å². The van der Waals surface area contributed by atoms with E-state index in [4.69, 9.17) is 0 Å². The van der Waals surface area contributed by atoms with E-state index in [1.165, 1.54) is 21.7 Å². The summed E-state index contributed by atoms with van der Waals surface area (Å²) in [6, 6.07) is 10.2. The van der Waals surface area contributed by atoms with Gasteiger partial charge in [-0.05, 0) is 30.7 Å². The molecule has 1 saturated heterocycles. The van der Waals surface area contributed by atoms with Gasteiger partial charge < -0.3 is 4.90 Å². The Morgan fingerprint density at radius 2 is 1.78 bits per heavy atom. The number of rotatable bonds is 4. The van der Waals surface area contributed by atoms with Crippen LogP contribution in [0.2, 0.25) is 0 Å². The van der Waals surface area contributed by atoms with Gasteiger partial charge in [0.25, 0.3) is 10.0 Å². The molecule has 0 bridgehead atoms. The van der Waals surface area contributed by atoms with Gasteiger partial charge in [0.2, 0.25) is 0 Å². The summed E-state index contributed by atoms with van der Waals surface area (Å²) in [7, 11) is -3.44. The maximum atomic E-state index is 13.8. The van der Waals surface area contributed by atoms with Crippen molar-refractivity contribution in [2.45, 2.75) is 17.6 Å². The van der Waals surface area contributed by atoms with Crippen molar-refractivity contribution < 1.29 is 12.8 Å². The molecule has 1 aliphatic heterocycles. The maximum absolute atomic E-state index is 13.8. The Bertz CT molecular complexity index is 781. The molecular formula is C16H19FN2O2S2. The summed E-state index contributed by atoms with van der Waals surface area (Å²) in [5, 5.41) is 0. The summed E-state index contributed by atoms with van der Waals surface area (Å²) in [5.41, 5.74) is 0.536. The molecule has 2 aromatic rings. The number of anilines is 1. The van der Waals surface area contributed by atoms with Crippen LogP contribution in [-0.4, -0.2) is 38.9 Å². The fraction of sp³-hybridized carbons (Fsp3) is 0.375. The zero-order valence-corrected chi connectivity index (χ0v) is 14.5. The molecular weight excluding hydrogens is 335 g/mol. The molecule has 0 radical (unpaired) electrons. The Morgan fingerprint density at radius 1 is 1.09 bits per heavy atom. The van der Waals surface area contributed by atoms with Crippen molar-refractivity contribution in [3.63, 3.8) is 0 Å². The van der Waals surface area contributed by atoms with Gasteiger partial charge in [-0.25, -0.2) is 12.8 Å². The van der Waals surface area contributed by atoms with Crippen LogP contribution in [0.1, 0.15) is 11.8 Å². The quantitative estimate of drug-likeness (QED) is 0.848.